The van der Waals surface area contributed by atoms with Crippen molar-refractivity contribution in [2.24, 2.45) is 0 Å². The Morgan fingerprint density at radius 2 is 1.59 bits per heavy atom. The predicted octanol–water partition coefficient (Wildman–Crippen LogP) is 4.38. The number of aromatic nitrogens is 1. The minimum Gasteiger partial charge on any atom is -0.326 e. The Bertz CT molecular complexity index is 1040. The zero-order chi connectivity index (χ0) is 20.8. The van der Waals surface area contributed by atoms with Crippen molar-refractivity contribution in [3.05, 3.63) is 88.7 Å². The molecule has 1 aromatic heterocycles. The van der Waals surface area contributed by atoms with E-state index in [0.29, 0.717) is 22.6 Å². The zero-order valence-electron chi connectivity index (χ0n) is 15.1. The lowest BCUT2D eigenvalue weighted by Crippen LogP contribution is -2.17. The lowest BCUT2D eigenvalue weighted by atomic mass is 10.1. The van der Waals surface area contributed by atoms with Crippen molar-refractivity contribution in [3.63, 3.8) is 0 Å². The average molecular weight is 416 g/mol. The van der Waals surface area contributed by atoms with Gasteiger partial charge in [0, 0.05) is 17.6 Å². The van der Waals surface area contributed by atoms with Crippen LogP contribution in [0, 0.1) is 11.6 Å². The quantitative estimate of drug-likeness (QED) is 0.627. The van der Waals surface area contributed by atoms with Gasteiger partial charge >= 0.3 is 0 Å². The summed E-state index contributed by atoms with van der Waals surface area (Å²) >= 11 is 5.87. The first kappa shape index (κ1) is 20.4. The first-order valence-electron chi connectivity index (χ1n) is 8.64. The van der Waals surface area contributed by atoms with Gasteiger partial charge in [0.05, 0.1) is 23.6 Å². The third-order valence-electron chi connectivity index (χ3n) is 3.95. The van der Waals surface area contributed by atoms with E-state index in [-0.39, 0.29) is 29.7 Å². The van der Waals surface area contributed by atoms with Crippen LogP contribution in [0.2, 0.25) is 5.02 Å². The largest absolute Gasteiger partial charge is 0.326 e. The van der Waals surface area contributed by atoms with Gasteiger partial charge in [0.25, 0.3) is 0 Å². The Balaban J connectivity index is 1.60. The van der Waals surface area contributed by atoms with E-state index in [1.165, 1.54) is 42.6 Å². The molecule has 2 aromatic carbocycles. The Morgan fingerprint density at radius 3 is 2.34 bits per heavy atom. The number of carbonyl (C=O) groups is 2. The third kappa shape index (κ3) is 5.83. The normalized spacial score (nSPS) is 10.4. The summed E-state index contributed by atoms with van der Waals surface area (Å²) in [4.78, 5) is 28.5. The lowest BCUT2D eigenvalue weighted by molar-refractivity contribution is -0.116. The predicted molar refractivity (Wildman–Crippen MR) is 107 cm³/mol. The molecule has 8 heteroatoms. The van der Waals surface area contributed by atoms with Crippen LogP contribution in [0.4, 0.5) is 20.2 Å². The van der Waals surface area contributed by atoms with E-state index < -0.39 is 11.6 Å². The van der Waals surface area contributed by atoms with Gasteiger partial charge < -0.3 is 10.6 Å². The fourth-order valence-corrected chi connectivity index (χ4v) is 2.81. The molecule has 0 aliphatic carbocycles. The Morgan fingerprint density at radius 1 is 0.897 bits per heavy atom. The standard InChI is InChI=1S/C21H16ClF2N3O2/c22-21-13(2-1-3-18(21)24)10-19(28)27-16-8-9-25-17(11-16)12-20(29)26-15-6-4-14(23)5-7-15/h1-9,11H,10,12H2,(H,26,29)(H,25,27,28). The lowest BCUT2D eigenvalue weighted by Gasteiger charge is -2.09. The van der Waals surface area contributed by atoms with Crippen molar-refractivity contribution >= 4 is 34.8 Å². The first-order valence-corrected chi connectivity index (χ1v) is 9.01. The van der Waals surface area contributed by atoms with Crippen LogP contribution in [0.3, 0.4) is 0 Å². The van der Waals surface area contributed by atoms with Gasteiger partial charge in [0.15, 0.2) is 0 Å². The number of nitrogens with one attached hydrogen (secondary N) is 2. The number of benzene rings is 2. The molecule has 5 nitrogen and oxygen atoms in total. The molecule has 0 saturated heterocycles. The van der Waals surface area contributed by atoms with Crippen LogP contribution in [-0.4, -0.2) is 16.8 Å². The fraction of sp³-hybridized carbons (Fsp3) is 0.0952. The van der Waals surface area contributed by atoms with Gasteiger partial charge in [-0.15, -0.1) is 0 Å². The molecule has 0 spiro atoms. The van der Waals surface area contributed by atoms with Gasteiger partial charge in [-0.05, 0) is 48.0 Å². The van der Waals surface area contributed by atoms with E-state index >= 15 is 0 Å². The van der Waals surface area contributed by atoms with Crippen molar-refractivity contribution < 1.29 is 18.4 Å². The maximum atomic E-state index is 13.5. The Hall–Kier alpha value is -3.32. The van der Waals surface area contributed by atoms with Crippen molar-refractivity contribution in [1.82, 2.24) is 4.98 Å². The van der Waals surface area contributed by atoms with Gasteiger partial charge in [-0.2, -0.15) is 0 Å². The van der Waals surface area contributed by atoms with E-state index in [0.717, 1.165) is 0 Å². The molecule has 2 N–H and O–H groups in total. The van der Waals surface area contributed by atoms with Crippen LogP contribution >= 0.6 is 11.6 Å². The topological polar surface area (TPSA) is 71.1 Å². The van der Waals surface area contributed by atoms with Crippen LogP contribution in [-0.2, 0) is 22.4 Å². The molecular weight excluding hydrogens is 400 g/mol. The molecule has 0 unspecified atom stereocenters. The van der Waals surface area contributed by atoms with E-state index in [2.05, 4.69) is 15.6 Å². The number of carbonyl (C=O) groups excluding carboxylic acids is 2. The molecule has 3 rings (SSSR count). The molecule has 2 amide bonds. The van der Waals surface area contributed by atoms with E-state index in [1.54, 1.807) is 18.2 Å². The molecule has 0 fully saturated rings. The SMILES string of the molecule is O=C(Cc1cc(NC(=O)Cc2cccc(F)c2Cl)ccn1)Nc1ccc(F)cc1. The highest BCUT2D eigenvalue weighted by Gasteiger charge is 2.12. The Labute approximate surface area is 170 Å². The molecule has 1 heterocycles. The summed E-state index contributed by atoms with van der Waals surface area (Å²) in [6.45, 7) is 0. The first-order chi connectivity index (χ1) is 13.9. The molecule has 0 aliphatic heterocycles. The van der Waals surface area contributed by atoms with Crippen LogP contribution in [0.15, 0.2) is 60.8 Å². The summed E-state index contributed by atoms with van der Waals surface area (Å²) in [5.41, 5.74) is 1.72. The summed E-state index contributed by atoms with van der Waals surface area (Å²) < 4.78 is 26.4. The summed E-state index contributed by atoms with van der Waals surface area (Å²) in [6, 6.07) is 12.8. The second-order valence-corrected chi connectivity index (χ2v) is 6.58. The second kappa shape index (κ2) is 9.25. The van der Waals surface area contributed by atoms with Gasteiger partial charge in [-0.3, -0.25) is 14.6 Å². The van der Waals surface area contributed by atoms with Gasteiger partial charge in [0.2, 0.25) is 11.8 Å². The number of hydrogen-bond donors (Lipinski definition) is 2. The number of rotatable bonds is 6. The van der Waals surface area contributed by atoms with Gasteiger partial charge in [0.1, 0.15) is 11.6 Å². The summed E-state index contributed by atoms with van der Waals surface area (Å²) in [5.74, 6) is -1.70. The number of hydrogen-bond acceptors (Lipinski definition) is 3. The molecule has 29 heavy (non-hydrogen) atoms. The molecule has 0 radical (unpaired) electrons. The van der Waals surface area contributed by atoms with E-state index in [1.807, 2.05) is 0 Å². The second-order valence-electron chi connectivity index (χ2n) is 6.21. The number of anilines is 2. The van der Waals surface area contributed by atoms with E-state index in [9.17, 15) is 18.4 Å². The Kier molecular flexibility index (Phi) is 6.51. The molecule has 3 aromatic rings. The van der Waals surface area contributed by atoms with Crippen molar-refractivity contribution in [1.29, 1.82) is 0 Å². The summed E-state index contributed by atoms with van der Waals surface area (Å²) in [7, 11) is 0. The third-order valence-corrected chi connectivity index (χ3v) is 4.38. The van der Waals surface area contributed by atoms with Crippen LogP contribution in [0.5, 0.6) is 0 Å². The number of nitrogens with zero attached hydrogens (tertiary/aromatic N) is 1. The maximum absolute atomic E-state index is 13.5. The van der Waals surface area contributed by atoms with Crippen LogP contribution < -0.4 is 10.6 Å². The van der Waals surface area contributed by atoms with Crippen molar-refractivity contribution in [2.45, 2.75) is 12.8 Å². The highest BCUT2D eigenvalue weighted by molar-refractivity contribution is 6.31. The minimum absolute atomic E-state index is 0.0309. The highest BCUT2D eigenvalue weighted by atomic mass is 35.5. The fourth-order valence-electron chi connectivity index (χ4n) is 2.62. The summed E-state index contributed by atoms with van der Waals surface area (Å²) in [5, 5.41) is 5.22. The highest BCUT2D eigenvalue weighted by Crippen LogP contribution is 2.20. The average Bonchev–Trinajstić information content (AvgIpc) is 2.67. The molecule has 0 aliphatic rings. The van der Waals surface area contributed by atoms with E-state index in [4.69, 9.17) is 11.6 Å². The molecule has 0 bridgehead atoms. The van der Waals surface area contributed by atoms with Gasteiger partial charge in [-0.1, -0.05) is 23.7 Å². The smallest absolute Gasteiger partial charge is 0.230 e. The van der Waals surface area contributed by atoms with Crippen molar-refractivity contribution in [2.75, 3.05) is 10.6 Å². The molecule has 148 valence electrons. The molecule has 0 saturated carbocycles. The number of halogens is 3. The zero-order valence-corrected chi connectivity index (χ0v) is 15.8. The van der Waals surface area contributed by atoms with Crippen molar-refractivity contribution in [3.8, 4) is 0 Å². The van der Waals surface area contributed by atoms with Crippen LogP contribution in [0.1, 0.15) is 11.3 Å². The molecular formula is C21H16ClF2N3O2. The maximum Gasteiger partial charge on any atom is 0.230 e. The number of pyridine rings is 1. The van der Waals surface area contributed by atoms with Crippen LogP contribution in [0.25, 0.3) is 0 Å². The minimum atomic E-state index is -0.588. The van der Waals surface area contributed by atoms with Gasteiger partial charge in [-0.25, -0.2) is 8.78 Å². The monoisotopic (exact) mass is 415 g/mol. The summed E-state index contributed by atoms with van der Waals surface area (Å²) in [6.07, 6.45) is 1.33. The number of amides is 2. The molecule has 0 atom stereocenters.